The molecule has 0 N–H and O–H groups in total. The van der Waals surface area contributed by atoms with E-state index in [9.17, 15) is 0 Å². The first-order valence-electron chi connectivity index (χ1n) is 5.18. The molecule has 2 aliphatic rings. The van der Waals surface area contributed by atoms with E-state index in [0.717, 1.165) is 31.8 Å². The van der Waals surface area contributed by atoms with Crippen LogP contribution in [0.1, 0.15) is 24.5 Å². The highest BCUT2D eigenvalue weighted by Crippen LogP contribution is 2.40. The molecule has 0 aliphatic carbocycles. The molecule has 1 aromatic carbocycles. The first-order chi connectivity index (χ1) is 6.78. The SMILES string of the molecule is CC1(c2ccc3c(c2)CCCO3)CO1. The predicted octanol–water partition coefficient (Wildman–Crippen LogP) is 2.26. The summed E-state index contributed by atoms with van der Waals surface area (Å²) >= 11 is 0. The van der Waals surface area contributed by atoms with Crippen LogP contribution in [-0.4, -0.2) is 13.2 Å². The molecule has 1 fully saturated rings. The summed E-state index contributed by atoms with van der Waals surface area (Å²) in [5.41, 5.74) is 2.62. The first kappa shape index (κ1) is 8.30. The molecule has 14 heavy (non-hydrogen) atoms. The van der Waals surface area contributed by atoms with Crippen molar-refractivity contribution in [2.24, 2.45) is 0 Å². The molecular weight excluding hydrogens is 176 g/mol. The summed E-state index contributed by atoms with van der Waals surface area (Å²) in [7, 11) is 0. The summed E-state index contributed by atoms with van der Waals surface area (Å²) < 4.78 is 11.0. The number of rotatable bonds is 1. The average molecular weight is 190 g/mol. The first-order valence-corrected chi connectivity index (χ1v) is 5.18. The van der Waals surface area contributed by atoms with Crippen molar-refractivity contribution >= 4 is 0 Å². The minimum absolute atomic E-state index is 0.00746. The van der Waals surface area contributed by atoms with Crippen LogP contribution in [0.5, 0.6) is 5.75 Å². The van der Waals surface area contributed by atoms with E-state index in [0.29, 0.717) is 0 Å². The van der Waals surface area contributed by atoms with Crippen LogP contribution >= 0.6 is 0 Å². The maximum atomic E-state index is 5.57. The van der Waals surface area contributed by atoms with Crippen LogP contribution in [0.25, 0.3) is 0 Å². The third-order valence-corrected chi connectivity index (χ3v) is 3.10. The van der Waals surface area contributed by atoms with Gasteiger partial charge >= 0.3 is 0 Å². The van der Waals surface area contributed by atoms with E-state index in [2.05, 4.69) is 25.1 Å². The average Bonchev–Trinajstić information content (AvgIpc) is 2.97. The Hall–Kier alpha value is -1.02. The summed E-state index contributed by atoms with van der Waals surface area (Å²) in [6.07, 6.45) is 2.27. The van der Waals surface area contributed by atoms with Gasteiger partial charge in [0.25, 0.3) is 0 Å². The van der Waals surface area contributed by atoms with Gasteiger partial charge < -0.3 is 9.47 Å². The van der Waals surface area contributed by atoms with Gasteiger partial charge in [0.15, 0.2) is 0 Å². The van der Waals surface area contributed by atoms with Crippen LogP contribution in [-0.2, 0) is 16.8 Å². The highest BCUT2D eigenvalue weighted by Gasteiger charge is 2.41. The van der Waals surface area contributed by atoms with Gasteiger partial charge in [-0.3, -0.25) is 0 Å². The molecule has 74 valence electrons. The second-order valence-corrected chi connectivity index (χ2v) is 4.29. The summed E-state index contributed by atoms with van der Waals surface area (Å²) in [5, 5.41) is 0. The second kappa shape index (κ2) is 2.74. The maximum Gasteiger partial charge on any atom is 0.122 e. The van der Waals surface area contributed by atoms with Crippen molar-refractivity contribution in [2.45, 2.75) is 25.4 Å². The molecule has 0 amide bonds. The number of epoxide rings is 1. The normalized spacial score (nSPS) is 29.2. The van der Waals surface area contributed by atoms with Gasteiger partial charge in [0.05, 0.1) is 13.2 Å². The Labute approximate surface area is 83.8 Å². The van der Waals surface area contributed by atoms with E-state index < -0.39 is 0 Å². The fourth-order valence-electron chi connectivity index (χ4n) is 1.96. The zero-order chi connectivity index (χ0) is 9.60. The van der Waals surface area contributed by atoms with E-state index in [1.807, 2.05) is 0 Å². The lowest BCUT2D eigenvalue weighted by Crippen LogP contribution is -2.10. The smallest absolute Gasteiger partial charge is 0.122 e. The predicted molar refractivity (Wildman–Crippen MR) is 53.6 cm³/mol. The standard InChI is InChI=1S/C12H14O2/c1-12(8-14-12)10-4-5-11-9(7-10)3-2-6-13-11/h4-5,7H,2-3,6,8H2,1H3. The quantitative estimate of drug-likeness (QED) is 0.633. The molecule has 1 saturated heterocycles. The van der Waals surface area contributed by atoms with Crippen LogP contribution in [0.3, 0.4) is 0 Å². The number of hydrogen-bond donors (Lipinski definition) is 0. The van der Waals surface area contributed by atoms with Crippen LogP contribution in [0, 0.1) is 0 Å². The molecule has 2 nitrogen and oxygen atoms in total. The van der Waals surface area contributed by atoms with Crippen molar-refractivity contribution in [1.82, 2.24) is 0 Å². The molecule has 1 atom stereocenters. The van der Waals surface area contributed by atoms with Gasteiger partial charge in [0.2, 0.25) is 0 Å². The molecule has 1 unspecified atom stereocenters. The molecule has 0 saturated carbocycles. The summed E-state index contributed by atoms with van der Waals surface area (Å²) in [6.45, 7) is 3.85. The molecule has 0 bridgehead atoms. The minimum Gasteiger partial charge on any atom is -0.493 e. The van der Waals surface area contributed by atoms with Gasteiger partial charge in [0, 0.05) is 0 Å². The van der Waals surface area contributed by atoms with E-state index in [4.69, 9.17) is 9.47 Å². The Bertz CT molecular complexity index is 367. The lowest BCUT2D eigenvalue weighted by Gasteiger charge is -2.18. The molecule has 0 aromatic heterocycles. The minimum atomic E-state index is -0.00746. The maximum absolute atomic E-state index is 5.57. The van der Waals surface area contributed by atoms with Crippen LogP contribution < -0.4 is 4.74 Å². The van der Waals surface area contributed by atoms with E-state index >= 15 is 0 Å². The molecule has 3 rings (SSSR count). The van der Waals surface area contributed by atoms with Gasteiger partial charge in [-0.05, 0) is 43.0 Å². The molecule has 2 heterocycles. The fraction of sp³-hybridized carbons (Fsp3) is 0.500. The van der Waals surface area contributed by atoms with Gasteiger partial charge in [0.1, 0.15) is 11.4 Å². The van der Waals surface area contributed by atoms with Crippen molar-refractivity contribution in [3.8, 4) is 5.75 Å². The third kappa shape index (κ3) is 1.22. The van der Waals surface area contributed by atoms with E-state index in [1.165, 1.54) is 11.1 Å². The third-order valence-electron chi connectivity index (χ3n) is 3.10. The Morgan fingerprint density at radius 2 is 2.21 bits per heavy atom. The number of hydrogen-bond acceptors (Lipinski definition) is 2. The van der Waals surface area contributed by atoms with Crippen LogP contribution in [0.2, 0.25) is 0 Å². The number of fused-ring (bicyclic) bond motifs is 1. The van der Waals surface area contributed by atoms with Gasteiger partial charge in [-0.25, -0.2) is 0 Å². The van der Waals surface area contributed by atoms with Gasteiger partial charge in [-0.15, -0.1) is 0 Å². The summed E-state index contributed by atoms with van der Waals surface area (Å²) in [6, 6.07) is 6.44. The lowest BCUT2D eigenvalue weighted by molar-refractivity contribution is 0.287. The zero-order valence-electron chi connectivity index (χ0n) is 8.38. The molecule has 0 radical (unpaired) electrons. The summed E-state index contributed by atoms with van der Waals surface area (Å²) in [5.74, 6) is 1.06. The fourth-order valence-corrected chi connectivity index (χ4v) is 1.96. The number of ether oxygens (including phenoxy) is 2. The highest BCUT2D eigenvalue weighted by molar-refractivity contribution is 5.41. The topological polar surface area (TPSA) is 21.8 Å². The lowest BCUT2D eigenvalue weighted by atomic mass is 9.96. The Kier molecular flexibility index (Phi) is 1.62. The summed E-state index contributed by atoms with van der Waals surface area (Å²) in [4.78, 5) is 0. The van der Waals surface area contributed by atoms with Crippen molar-refractivity contribution in [2.75, 3.05) is 13.2 Å². The molecule has 2 aliphatic heterocycles. The van der Waals surface area contributed by atoms with Gasteiger partial charge in [-0.2, -0.15) is 0 Å². The van der Waals surface area contributed by atoms with Crippen LogP contribution in [0.15, 0.2) is 18.2 Å². The largest absolute Gasteiger partial charge is 0.493 e. The van der Waals surface area contributed by atoms with E-state index in [-0.39, 0.29) is 5.60 Å². The van der Waals surface area contributed by atoms with Crippen molar-refractivity contribution in [3.05, 3.63) is 29.3 Å². The van der Waals surface area contributed by atoms with Crippen molar-refractivity contribution in [1.29, 1.82) is 0 Å². The zero-order valence-corrected chi connectivity index (χ0v) is 8.38. The molecule has 2 heteroatoms. The van der Waals surface area contributed by atoms with Crippen molar-refractivity contribution < 1.29 is 9.47 Å². The van der Waals surface area contributed by atoms with Crippen LogP contribution in [0.4, 0.5) is 0 Å². The Morgan fingerprint density at radius 1 is 1.36 bits per heavy atom. The Morgan fingerprint density at radius 3 is 3.00 bits per heavy atom. The number of benzene rings is 1. The molecule has 0 spiro atoms. The van der Waals surface area contributed by atoms with Crippen molar-refractivity contribution in [3.63, 3.8) is 0 Å². The molecule has 1 aromatic rings. The second-order valence-electron chi connectivity index (χ2n) is 4.29. The molecular formula is C12H14O2. The highest BCUT2D eigenvalue weighted by atomic mass is 16.6. The van der Waals surface area contributed by atoms with E-state index in [1.54, 1.807) is 0 Å². The van der Waals surface area contributed by atoms with Gasteiger partial charge in [-0.1, -0.05) is 6.07 Å². The monoisotopic (exact) mass is 190 g/mol. The number of aryl methyl sites for hydroxylation is 1. The Balaban J connectivity index is 2.01.